The number of nitrogens with one attached hydrogen (secondary N) is 1. The Kier molecular flexibility index (Phi) is 3.92. The number of rotatable bonds is 5. The van der Waals surface area contributed by atoms with Crippen LogP contribution in [0.15, 0.2) is 4.34 Å². The first-order valence-corrected chi connectivity index (χ1v) is 7.09. The van der Waals surface area contributed by atoms with E-state index in [9.17, 15) is 10.1 Å². The van der Waals surface area contributed by atoms with Crippen LogP contribution in [0.25, 0.3) is 10.8 Å². The normalized spacial score (nSPS) is 10.8. The minimum absolute atomic E-state index is 0.0945. The van der Waals surface area contributed by atoms with Crippen LogP contribution in [0.5, 0.6) is 0 Å². The van der Waals surface area contributed by atoms with E-state index < -0.39 is 4.92 Å². The van der Waals surface area contributed by atoms with Crippen LogP contribution in [0, 0.1) is 17.0 Å². The molecular formula is C9H11N5O2S2. The fourth-order valence-corrected chi connectivity index (χ4v) is 3.01. The van der Waals surface area contributed by atoms with Crippen LogP contribution < -0.4 is 0 Å². The van der Waals surface area contributed by atoms with Crippen LogP contribution >= 0.6 is 23.1 Å². The minimum atomic E-state index is -0.486. The molecule has 0 bridgehead atoms. The molecule has 2 aromatic rings. The molecule has 0 amide bonds. The number of aryl methyl sites for hydroxylation is 1. The quantitative estimate of drug-likeness (QED) is 0.515. The number of thioether (sulfide) groups is 1. The van der Waals surface area contributed by atoms with E-state index >= 15 is 0 Å². The van der Waals surface area contributed by atoms with E-state index in [0.717, 1.165) is 16.5 Å². The van der Waals surface area contributed by atoms with Gasteiger partial charge in [0.2, 0.25) is 5.01 Å². The Bertz CT molecular complexity index is 565. The van der Waals surface area contributed by atoms with Gasteiger partial charge in [-0.25, -0.2) is 9.97 Å². The van der Waals surface area contributed by atoms with Gasteiger partial charge >= 0.3 is 5.82 Å². The third kappa shape index (κ3) is 2.67. The fourth-order valence-electron chi connectivity index (χ4n) is 1.28. The molecule has 0 fully saturated rings. The topological polar surface area (TPSA) is 97.6 Å². The molecule has 0 radical (unpaired) electrons. The summed E-state index contributed by atoms with van der Waals surface area (Å²) in [5.74, 6) is 1.29. The highest BCUT2D eigenvalue weighted by Crippen LogP contribution is 2.29. The Morgan fingerprint density at radius 1 is 1.50 bits per heavy atom. The molecule has 7 nitrogen and oxygen atoms in total. The van der Waals surface area contributed by atoms with E-state index in [4.69, 9.17) is 0 Å². The first kappa shape index (κ1) is 13.0. The number of aromatic nitrogens is 4. The molecule has 0 unspecified atom stereocenters. The van der Waals surface area contributed by atoms with Gasteiger partial charge in [0.05, 0.1) is 0 Å². The standard InChI is InChI=1S/C9H11N5O2S2/c1-3-4-17-9-13-12-8(18-9)6-10-5(2)7(11-6)14(15)16/h3-4H2,1-2H3,(H,10,11). The van der Waals surface area contributed by atoms with Gasteiger partial charge in [-0.2, -0.15) is 0 Å². The van der Waals surface area contributed by atoms with Gasteiger partial charge in [-0.3, -0.25) is 0 Å². The van der Waals surface area contributed by atoms with Gasteiger partial charge in [0, 0.05) is 5.75 Å². The van der Waals surface area contributed by atoms with Gasteiger partial charge < -0.3 is 10.1 Å². The number of nitro groups is 1. The van der Waals surface area contributed by atoms with Gasteiger partial charge in [0.15, 0.2) is 4.34 Å². The molecule has 9 heteroatoms. The molecule has 1 N–H and O–H groups in total. The number of H-pyrrole nitrogens is 1. The summed E-state index contributed by atoms with van der Waals surface area (Å²) in [6.07, 6.45) is 1.06. The number of hydrogen-bond acceptors (Lipinski definition) is 7. The number of imidazole rings is 1. The van der Waals surface area contributed by atoms with Crippen LogP contribution in [0.1, 0.15) is 19.0 Å². The SMILES string of the molecule is CCCSc1nnc(-c2nc(C)c([N+](=O)[O-])[nH]2)s1. The third-order valence-corrected chi connectivity index (χ3v) is 4.35. The number of aromatic amines is 1. The Morgan fingerprint density at radius 3 is 2.89 bits per heavy atom. The second-order valence-corrected chi connectivity index (χ2v) is 5.82. The summed E-state index contributed by atoms with van der Waals surface area (Å²) in [5, 5.41) is 19.3. The lowest BCUT2D eigenvalue weighted by Crippen LogP contribution is -1.89. The third-order valence-electron chi connectivity index (χ3n) is 2.08. The van der Waals surface area contributed by atoms with E-state index in [1.165, 1.54) is 11.3 Å². The summed E-state index contributed by atoms with van der Waals surface area (Å²) < 4.78 is 0.851. The van der Waals surface area contributed by atoms with E-state index in [0.29, 0.717) is 16.5 Å². The lowest BCUT2D eigenvalue weighted by Gasteiger charge is -1.88. The molecular weight excluding hydrogens is 274 g/mol. The van der Waals surface area contributed by atoms with Gasteiger partial charge in [0.1, 0.15) is 5.69 Å². The van der Waals surface area contributed by atoms with Gasteiger partial charge in [-0.1, -0.05) is 30.0 Å². The summed E-state index contributed by atoms with van der Waals surface area (Å²) in [5.41, 5.74) is 0.355. The van der Waals surface area contributed by atoms with Gasteiger partial charge in [-0.05, 0) is 18.3 Å². The van der Waals surface area contributed by atoms with Gasteiger partial charge in [-0.15, -0.1) is 10.2 Å². The Labute approximate surface area is 111 Å². The average Bonchev–Trinajstić information content (AvgIpc) is 2.92. The zero-order valence-electron chi connectivity index (χ0n) is 9.84. The van der Waals surface area contributed by atoms with Crippen LogP contribution in [-0.4, -0.2) is 30.8 Å². The molecule has 0 aliphatic heterocycles. The smallest absolute Gasteiger partial charge is 0.343 e. The van der Waals surface area contributed by atoms with Crippen molar-refractivity contribution < 1.29 is 4.92 Å². The molecule has 0 saturated carbocycles. The van der Waals surface area contributed by atoms with E-state index in [1.807, 2.05) is 0 Å². The van der Waals surface area contributed by atoms with Crippen molar-refractivity contribution in [2.24, 2.45) is 0 Å². The van der Waals surface area contributed by atoms with Gasteiger partial charge in [0.25, 0.3) is 5.82 Å². The molecule has 0 spiro atoms. The molecule has 0 aliphatic carbocycles. The van der Waals surface area contributed by atoms with Crippen molar-refractivity contribution in [2.75, 3.05) is 5.75 Å². The van der Waals surface area contributed by atoms with E-state index in [1.54, 1.807) is 18.7 Å². The Morgan fingerprint density at radius 2 is 2.28 bits per heavy atom. The predicted molar refractivity (Wildman–Crippen MR) is 69.9 cm³/mol. The first-order valence-electron chi connectivity index (χ1n) is 5.29. The van der Waals surface area contributed by atoms with E-state index in [2.05, 4.69) is 27.1 Å². The van der Waals surface area contributed by atoms with Crippen LogP contribution in [0.2, 0.25) is 0 Å². The van der Waals surface area contributed by atoms with Crippen molar-refractivity contribution in [1.82, 2.24) is 20.2 Å². The molecule has 96 valence electrons. The van der Waals surface area contributed by atoms with Crippen molar-refractivity contribution in [2.45, 2.75) is 24.6 Å². The van der Waals surface area contributed by atoms with Crippen molar-refractivity contribution >= 4 is 28.9 Å². The number of nitrogens with zero attached hydrogens (tertiary/aromatic N) is 4. The largest absolute Gasteiger partial charge is 0.358 e. The first-order chi connectivity index (χ1) is 8.61. The highest BCUT2D eigenvalue weighted by Gasteiger charge is 2.20. The second kappa shape index (κ2) is 5.44. The molecule has 0 atom stereocenters. The molecule has 0 aliphatic rings. The summed E-state index contributed by atoms with van der Waals surface area (Å²) in [7, 11) is 0. The lowest BCUT2D eigenvalue weighted by atomic mass is 10.5. The molecule has 2 rings (SSSR count). The van der Waals surface area contributed by atoms with Crippen molar-refractivity contribution in [3.63, 3.8) is 0 Å². The van der Waals surface area contributed by atoms with Crippen LogP contribution in [-0.2, 0) is 0 Å². The lowest BCUT2D eigenvalue weighted by molar-refractivity contribution is -0.389. The van der Waals surface area contributed by atoms with Crippen LogP contribution in [0.3, 0.4) is 0 Å². The summed E-state index contributed by atoms with van der Waals surface area (Å²) in [4.78, 5) is 17.0. The molecule has 0 saturated heterocycles. The summed E-state index contributed by atoms with van der Waals surface area (Å²) in [6, 6.07) is 0. The van der Waals surface area contributed by atoms with Crippen LogP contribution in [0.4, 0.5) is 5.82 Å². The van der Waals surface area contributed by atoms with Crippen molar-refractivity contribution in [1.29, 1.82) is 0 Å². The maximum atomic E-state index is 10.7. The van der Waals surface area contributed by atoms with Crippen molar-refractivity contribution in [3.05, 3.63) is 15.8 Å². The van der Waals surface area contributed by atoms with Crippen molar-refractivity contribution in [3.8, 4) is 10.8 Å². The maximum Gasteiger partial charge on any atom is 0.343 e. The average molecular weight is 285 g/mol. The summed E-state index contributed by atoms with van der Waals surface area (Å²) in [6.45, 7) is 3.68. The predicted octanol–water partition coefficient (Wildman–Crippen LogP) is 2.65. The fraction of sp³-hybridized carbons (Fsp3) is 0.444. The summed E-state index contributed by atoms with van der Waals surface area (Å²) >= 11 is 3.01. The molecule has 2 aromatic heterocycles. The molecule has 0 aromatic carbocycles. The zero-order valence-corrected chi connectivity index (χ0v) is 11.5. The number of hydrogen-bond donors (Lipinski definition) is 1. The highest BCUT2D eigenvalue weighted by atomic mass is 32.2. The highest BCUT2D eigenvalue weighted by molar-refractivity contribution is 8.01. The minimum Gasteiger partial charge on any atom is -0.358 e. The van der Waals surface area contributed by atoms with E-state index in [-0.39, 0.29) is 5.82 Å². The molecule has 2 heterocycles. The molecule has 18 heavy (non-hydrogen) atoms. The monoisotopic (exact) mass is 285 g/mol. The maximum absolute atomic E-state index is 10.7. The Hall–Kier alpha value is -1.48. The Balaban J connectivity index is 2.23. The second-order valence-electron chi connectivity index (χ2n) is 3.50. The zero-order chi connectivity index (χ0) is 13.1.